The van der Waals surface area contributed by atoms with Crippen molar-refractivity contribution in [1.29, 1.82) is 0 Å². The fourth-order valence-electron chi connectivity index (χ4n) is 1.43. The SMILES string of the molecule is CC#CC(C)(C)COP(C)(=O)c1ccccc1. The van der Waals surface area contributed by atoms with Crippen LogP contribution in [0.2, 0.25) is 0 Å². The first-order valence-electron chi connectivity index (χ1n) is 5.59. The topological polar surface area (TPSA) is 26.3 Å². The van der Waals surface area contributed by atoms with Crippen LogP contribution in [0.25, 0.3) is 0 Å². The molecule has 0 radical (unpaired) electrons. The predicted molar refractivity (Wildman–Crippen MR) is 72.8 cm³/mol. The Bertz CT molecular complexity index is 466. The van der Waals surface area contributed by atoms with Gasteiger partial charge < -0.3 is 4.52 Å². The van der Waals surface area contributed by atoms with Gasteiger partial charge >= 0.3 is 0 Å². The smallest absolute Gasteiger partial charge is 0.229 e. The molecule has 2 nitrogen and oxygen atoms in total. The van der Waals surface area contributed by atoms with Crippen molar-refractivity contribution >= 4 is 12.7 Å². The fourth-order valence-corrected chi connectivity index (χ4v) is 2.86. The van der Waals surface area contributed by atoms with Crippen LogP contribution in [-0.2, 0) is 9.09 Å². The Morgan fingerprint density at radius 3 is 2.41 bits per heavy atom. The van der Waals surface area contributed by atoms with Crippen LogP contribution >= 0.6 is 7.37 Å². The Morgan fingerprint density at radius 2 is 1.88 bits per heavy atom. The van der Waals surface area contributed by atoms with Gasteiger partial charge in [0.25, 0.3) is 0 Å². The first kappa shape index (κ1) is 14.0. The highest BCUT2D eigenvalue weighted by Gasteiger charge is 2.23. The molecule has 1 aromatic rings. The average molecular weight is 250 g/mol. The van der Waals surface area contributed by atoms with E-state index in [1.54, 1.807) is 13.6 Å². The molecule has 1 aromatic carbocycles. The molecule has 0 aliphatic rings. The van der Waals surface area contributed by atoms with Crippen LogP contribution in [0.1, 0.15) is 20.8 Å². The summed E-state index contributed by atoms with van der Waals surface area (Å²) in [7, 11) is -2.73. The standard InChI is InChI=1S/C14H19O2P/c1-5-11-14(2,3)12-16-17(4,15)13-9-7-6-8-10-13/h6-10H,12H2,1-4H3. The molecule has 0 heterocycles. The molecular formula is C14H19O2P. The molecule has 0 aromatic heterocycles. The Hall–Kier alpha value is -1.03. The largest absolute Gasteiger partial charge is 0.324 e. The zero-order chi connectivity index (χ0) is 12.9. The molecule has 17 heavy (non-hydrogen) atoms. The number of hydrogen-bond acceptors (Lipinski definition) is 2. The van der Waals surface area contributed by atoms with Crippen LogP contribution in [0, 0.1) is 17.3 Å². The molecule has 3 heteroatoms. The Balaban J connectivity index is 2.75. The molecule has 0 fully saturated rings. The van der Waals surface area contributed by atoms with Gasteiger partial charge in [-0.15, -0.1) is 5.92 Å². The predicted octanol–water partition coefficient (Wildman–Crippen LogP) is 3.29. The van der Waals surface area contributed by atoms with Crippen molar-refractivity contribution in [3.8, 4) is 11.8 Å². The quantitative estimate of drug-likeness (QED) is 0.605. The van der Waals surface area contributed by atoms with Gasteiger partial charge in [-0.2, -0.15) is 0 Å². The van der Waals surface area contributed by atoms with Crippen LogP contribution in [0.5, 0.6) is 0 Å². The summed E-state index contributed by atoms with van der Waals surface area (Å²) in [6.07, 6.45) is 0. The van der Waals surface area contributed by atoms with Crippen molar-refractivity contribution < 1.29 is 9.09 Å². The normalized spacial score (nSPS) is 14.6. The van der Waals surface area contributed by atoms with Crippen LogP contribution < -0.4 is 5.30 Å². The molecule has 0 bridgehead atoms. The summed E-state index contributed by atoms with van der Waals surface area (Å²) in [5.41, 5.74) is -0.269. The maximum atomic E-state index is 12.4. The molecule has 0 aliphatic carbocycles. The summed E-state index contributed by atoms with van der Waals surface area (Å²) >= 11 is 0. The van der Waals surface area contributed by atoms with Crippen molar-refractivity contribution in [3.63, 3.8) is 0 Å². The molecule has 1 rings (SSSR count). The van der Waals surface area contributed by atoms with E-state index in [0.717, 1.165) is 5.30 Å². The highest BCUT2D eigenvalue weighted by molar-refractivity contribution is 7.66. The molecule has 0 saturated carbocycles. The minimum absolute atomic E-state index is 0.269. The molecule has 1 unspecified atom stereocenters. The molecule has 0 aliphatic heterocycles. The van der Waals surface area contributed by atoms with Crippen LogP contribution in [-0.4, -0.2) is 13.3 Å². The summed E-state index contributed by atoms with van der Waals surface area (Å²) in [6.45, 7) is 7.78. The first-order chi connectivity index (χ1) is 7.87. The third kappa shape index (κ3) is 4.38. The first-order valence-corrected chi connectivity index (χ1v) is 7.66. The number of benzene rings is 1. The van der Waals surface area contributed by atoms with E-state index in [0.29, 0.717) is 6.61 Å². The minimum Gasteiger partial charge on any atom is -0.324 e. The maximum Gasteiger partial charge on any atom is 0.229 e. The summed E-state index contributed by atoms with van der Waals surface area (Å²) in [5, 5.41) is 0.750. The summed E-state index contributed by atoms with van der Waals surface area (Å²) < 4.78 is 18.0. The number of rotatable bonds is 4. The molecule has 1 atom stereocenters. The van der Waals surface area contributed by atoms with E-state index in [-0.39, 0.29) is 5.41 Å². The van der Waals surface area contributed by atoms with E-state index >= 15 is 0 Å². The molecule has 0 amide bonds. The second kappa shape index (κ2) is 5.54. The fraction of sp³-hybridized carbons (Fsp3) is 0.429. The van der Waals surface area contributed by atoms with Crippen LogP contribution in [0.3, 0.4) is 0 Å². The van der Waals surface area contributed by atoms with Crippen molar-refractivity contribution in [2.75, 3.05) is 13.3 Å². The van der Waals surface area contributed by atoms with Gasteiger partial charge in [0.05, 0.1) is 6.61 Å². The second-order valence-electron chi connectivity index (χ2n) is 4.71. The monoisotopic (exact) mass is 250 g/mol. The van der Waals surface area contributed by atoms with Crippen molar-refractivity contribution in [3.05, 3.63) is 30.3 Å². The lowest BCUT2D eigenvalue weighted by Gasteiger charge is -2.21. The summed E-state index contributed by atoms with van der Waals surface area (Å²) in [5.74, 6) is 5.91. The van der Waals surface area contributed by atoms with Crippen LogP contribution in [0.15, 0.2) is 30.3 Å². The molecule has 0 saturated heterocycles. The van der Waals surface area contributed by atoms with Crippen molar-refractivity contribution in [2.24, 2.45) is 5.41 Å². The van der Waals surface area contributed by atoms with Gasteiger partial charge in [0, 0.05) is 17.4 Å². The third-order valence-electron chi connectivity index (χ3n) is 2.36. The number of hydrogen-bond donors (Lipinski definition) is 0. The van der Waals surface area contributed by atoms with Gasteiger partial charge in [0.2, 0.25) is 7.37 Å². The van der Waals surface area contributed by atoms with Crippen molar-refractivity contribution in [1.82, 2.24) is 0 Å². The molecule has 0 spiro atoms. The van der Waals surface area contributed by atoms with Gasteiger partial charge in [-0.3, -0.25) is 4.57 Å². The van der Waals surface area contributed by atoms with E-state index in [2.05, 4.69) is 11.8 Å². The second-order valence-corrected chi connectivity index (χ2v) is 7.18. The third-order valence-corrected chi connectivity index (χ3v) is 4.22. The Labute approximate surface area is 104 Å². The Morgan fingerprint density at radius 1 is 1.29 bits per heavy atom. The highest BCUT2D eigenvalue weighted by atomic mass is 31.2. The van der Waals surface area contributed by atoms with E-state index in [1.165, 1.54) is 0 Å². The van der Waals surface area contributed by atoms with E-state index in [4.69, 9.17) is 4.52 Å². The van der Waals surface area contributed by atoms with Gasteiger partial charge in [0.15, 0.2) is 0 Å². The molecular weight excluding hydrogens is 231 g/mol. The van der Waals surface area contributed by atoms with Gasteiger partial charge in [0.1, 0.15) is 0 Å². The lowest BCUT2D eigenvalue weighted by atomic mass is 9.96. The highest BCUT2D eigenvalue weighted by Crippen LogP contribution is 2.42. The molecule has 92 valence electrons. The summed E-state index contributed by atoms with van der Waals surface area (Å²) in [6, 6.07) is 9.30. The zero-order valence-corrected chi connectivity index (χ0v) is 11.8. The van der Waals surface area contributed by atoms with E-state index in [1.807, 2.05) is 44.2 Å². The van der Waals surface area contributed by atoms with Crippen molar-refractivity contribution in [2.45, 2.75) is 20.8 Å². The van der Waals surface area contributed by atoms with Crippen LogP contribution in [0.4, 0.5) is 0 Å². The maximum absolute atomic E-state index is 12.4. The lowest BCUT2D eigenvalue weighted by Crippen LogP contribution is -2.18. The minimum atomic E-state index is -2.73. The Kier molecular flexibility index (Phi) is 4.57. The average Bonchev–Trinajstić information content (AvgIpc) is 2.28. The van der Waals surface area contributed by atoms with Gasteiger partial charge in [-0.25, -0.2) is 0 Å². The molecule has 0 N–H and O–H groups in total. The van der Waals surface area contributed by atoms with Gasteiger partial charge in [-0.1, -0.05) is 24.1 Å². The lowest BCUT2D eigenvalue weighted by molar-refractivity contribution is 0.236. The van der Waals surface area contributed by atoms with Gasteiger partial charge in [-0.05, 0) is 32.9 Å². The summed E-state index contributed by atoms with van der Waals surface area (Å²) in [4.78, 5) is 0. The zero-order valence-electron chi connectivity index (χ0n) is 10.9. The van der Waals surface area contributed by atoms with E-state index in [9.17, 15) is 4.57 Å². The van der Waals surface area contributed by atoms with E-state index < -0.39 is 7.37 Å².